The number of carbonyl (C=O) groups is 3. The van der Waals surface area contributed by atoms with Crippen LogP contribution in [-0.4, -0.2) is 37.2 Å². The highest BCUT2D eigenvalue weighted by Crippen LogP contribution is 2.16. The lowest BCUT2D eigenvalue weighted by atomic mass is 10.0. The fraction of sp³-hybridized carbons (Fsp3) is 0.754. The summed E-state index contributed by atoms with van der Waals surface area (Å²) in [5.74, 6) is -0.888. The van der Waals surface area contributed by atoms with E-state index in [0.717, 1.165) is 103 Å². The van der Waals surface area contributed by atoms with Crippen molar-refractivity contribution >= 4 is 17.9 Å². The van der Waals surface area contributed by atoms with Gasteiger partial charge in [-0.2, -0.15) is 0 Å². The van der Waals surface area contributed by atoms with Crippen LogP contribution in [0.5, 0.6) is 0 Å². The smallest absolute Gasteiger partial charge is 0.306 e. The standard InChI is InChI=1S/C69H120O6/c1-4-7-10-13-16-19-22-25-28-30-32-33-34-35-36-37-38-40-41-44-47-50-53-56-59-62-68(71)74-65-66(64-73-67(70)61-58-55-52-49-46-43-27-24-21-18-15-12-9-6-3)75-69(72)63-60-57-54-51-48-45-42-39-31-29-26-23-20-17-14-11-8-5-2/h7,10,16,19-20,23-25,27-29,31-33,66H,4-6,8-9,11-15,17-18,21-22,26,30,34-65H2,1-3H3/b10-7-,19-16-,23-20-,27-24-,28-25-,31-29-,33-32-. The van der Waals surface area contributed by atoms with Gasteiger partial charge in [0, 0.05) is 19.3 Å². The summed E-state index contributed by atoms with van der Waals surface area (Å²) in [6.07, 6.45) is 83.0. The summed E-state index contributed by atoms with van der Waals surface area (Å²) in [4.78, 5) is 38.3. The van der Waals surface area contributed by atoms with Crippen LogP contribution < -0.4 is 0 Å². The van der Waals surface area contributed by atoms with Crippen molar-refractivity contribution < 1.29 is 28.6 Å². The van der Waals surface area contributed by atoms with E-state index in [2.05, 4.69) is 106 Å². The highest BCUT2D eigenvalue weighted by Gasteiger charge is 2.19. The molecule has 0 fully saturated rings. The summed E-state index contributed by atoms with van der Waals surface area (Å²) in [5.41, 5.74) is 0. The molecular formula is C69H120O6. The van der Waals surface area contributed by atoms with Gasteiger partial charge in [-0.15, -0.1) is 0 Å². The average molecular weight is 1050 g/mol. The molecule has 0 saturated heterocycles. The third kappa shape index (κ3) is 61.3. The van der Waals surface area contributed by atoms with Crippen LogP contribution in [0.15, 0.2) is 85.1 Å². The van der Waals surface area contributed by atoms with Gasteiger partial charge in [0.1, 0.15) is 13.2 Å². The molecule has 0 aromatic heterocycles. The van der Waals surface area contributed by atoms with Crippen LogP contribution >= 0.6 is 0 Å². The molecule has 1 atom stereocenters. The summed E-state index contributed by atoms with van der Waals surface area (Å²) in [6, 6.07) is 0. The number of unbranched alkanes of at least 4 members (excludes halogenated alkanes) is 33. The van der Waals surface area contributed by atoms with Crippen LogP contribution in [0.4, 0.5) is 0 Å². The van der Waals surface area contributed by atoms with Gasteiger partial charge in [0.05, 0.1) is 0 Å². The van der Waals surface area contributed by atoms with Crippen molar-refractivity contribution in [2.24, 2.45) is 0 Å². The van der Waals surface area contributed by atoms with Crippen LogP contribution in [0, 0.1) is 0 Å². The van der Waals surface area contributed by atoms with Crippen molar-refractivity contribution in [2.45, 2.75) is 322 Å². The maximum atomic E-state index is 12.9. The van der Waals surface area contributed by atoms with Crippen molar-refractivity contribution in [1.82, 2.24) is 0 Å². The fourth-order valence-corrected chi connectivity index (χ4v) is 9.05. The third-order valence-electron chi connectivity index (χ3n) is 13.9. The number of hydrogen-bond donors (Lipinski definition) is 0. The quantitative estimate of drug-likeness (QED) is 0.0261. The lowest BCUT2D eigenvalue weighted by Gasteiger charge is -2.18. The summed E-state index contributed by atoms with van der Waals surface area (Å²) >= 11 is 0. The second-order valence-corrected chi connectivity index (χ2v) is 21.3. The van der Waals surface area contributed by atoms with Gasteiger partial charge in [-0.1, -0.05) is 266 Å². The number of allylic oxidation sites excluding steroid dienone is 14. The number of carbonyl (C=O) groups excluding carboxylic acids is 3. The summed E-state index contributed by atoms with van der Waals surface area (Å²) in [6.45, 7) is 6.52. The fourth-order valence-electron chi connectivity index (χ4n) is 9.05. The van der Waals surface area contributed by atoms with Crippen molar-refractivity contribution in [2.75, 3.05) is 13.2 Å². The van der Waals surface area contributed by atoms with Crippen molar-refractivity contribution in [3.05, 3.63) is 85.1 Å². The van der Waals surface area contributed by atoms with Crippen molar-refractivity contribution in [3.8, 4) is 0 Å². The minimum absolute atomic E-state index is 0.0819. The summed E-state index contributed by atoms with van der Waals surface area (Å²) in [7, 11) is 0. The number of rotatable bonds is 58. The van der Waals surface area contributed by atoms with Crippen LogP contribution in [0.2, 0.25) is 0 Å². The molecule has 0 rings (SSSR count). The lowest BCUT2D eigenvalue weighted by molar-refractivity contribution is -0.167. The Hall–Kier alpha value is -3.41. The molecule has 0 aromatic carbocycles. The zero-order chi connectivity index (χ0) is 54.3. The van der Waals surface area contributed by atoms with Gasteiger partial charge in [-0.05, 0) is 116 Å². The first kappa shape index (κ1) is 71.6. The van der Waals surface area contributed by atoms with E-state index in [9.17, 15) is 14.4 Å². The Kier molecular flexibility index (Phi) is 60.3. The van der Waals surface area contributed by atoms with Crippen molar-refractivity contribution in [3.63, 3.8) is 0 Å². The molecule has 1 unspecified atom stereocenters. The lowest BCUT2D eigenvalue weighted by Crippen LogP contribution is -2.30. The molecule has 0 saturated carbocycles. The monoisotopic (exact) mass is 1040 g/mol. The first-order chi connectivity index (χ1) is 37.0. The van der Waals surface area contributed by atoms with Gasteiger partial charge in [-0.3, -0.25) is 14.4 Å². The minimum Gasteiger partial charge on any atom is -0.462 e. The first-order valence-corrected chi connectivity index (χ1v) is 32.1. The van der Waals surface area contributed by atoms with E-state index in [1.165, 1.54) is 173 Å². The topological polar surface area (TPSA) is 78.9 Å². The van der Waals surface area contributed by atoms with Gasteiger partial charge in [0.25, 0.3) is 0 Å². The van der Waals surface area contributed by atoms with E-state index in [4.69, 9.17) is 14.2 Å². The predicted molar refractivity (Wildman–Crippen MR) is 325 cm³/mol. The van der Waals surface area contributed by atoms with E-state index >= 15 is 0 Å². The molecule has 6 heteroatoms. The zero-order valence-electron chi connectivity index (χ0n) is 49.6. The van der Waals surface area contributed by atoms with Gasteiger partial charge in [0.15, 0.2) is 6.10 Å². The molecule has 75 heavy (non-hydrogen) atoms. The number of esters is 3. The van der Waals surface area contributed by atoms with Crippen LogP contribution in [0.25, 0.3) is 0 Å². The van der Waals surface area contributed by atoms with Crippen LogP contribution in [-0.2, 0) is 28.6 Å². The Bertz CT molecular complexity index is 1430. The second-order valence-electron chi connectivity index (χ2n) is 21.3. The molecule has 6 nitrogen and oxygen atoms in total. The molecule has 0 heterocycles. The van der Waals surface area contributed by atoms with Gasteiger partial charge < -0.3 is 14.2 Å². The van der Waals surface area contributed by atoms with E-state index < -0.39 is 6.10 Å². The Balaban J connectivity index is 4.33. The molecule has 0 spiro atoms. The molecule has 0 aliphatic rings. The largest absolute Gasteiger partial charge is 0.462 e. The SMILES string of the molecule is CC/C=C\C/C=C\C/C=C\C/C=C\CCCCCCCCCCCCCCC(=O)OCC(COC(=O)CCCCCCC/C=C\CCCCCCC)OC(=O)CCCCCCCCC/C=C\C/C=C\CCCCCC. The maximum Gasteiger partial charge on any atom is 0.306 e. The third-order valence-corrected chi connectivity index (χ3v) is 13.9. The summed E-state index contributed by atoms with van der Waals surface area (Å²) < 4.78 is 16.9. The molecule has 0 aliphatic heterocycles. The number of ether oxygens (including phenoxy) is 3. The highest BCUT2D eigenvalue weighted by molar-refractivity contribution is 5.71. The minimum atomic E-state index is -0.786. The Morgan fingerprint density at radius 3 is 0.840 bits per heavy atom. The van der Waals surface area contributed by atoms with Crippen LogP contribution in [0.3, 0.4) is 0 Å². The van der Waals surface area contributed by atoms with Crippen LogP contribution in [0.1, 0.15) is 316 Å². The van der Waals surface area contributed by atoms with Gasteiger partial charge in [-0.25, -0.2) is 0 Å². The van der Waals surface area contributed by atoms with E-state index in [-0.39, 0.29) is 31.1 Å². The predicted octanol–water partition coefficient (Wildman–Crippen LogP) is 21.9. The molecule has 0 amide bonds. The highest BCUT2D eigenvalue weighted by atomic mass is 16.6. The Morgan fingerprint density at radius 2 is 0.520 bits per heavy atom. The van der Waals surface area contributed by atoms with E-state index in [0.29, 0.717) is 19.3 Å². The maximum absolute atomic E-state index is 12.9. The molecule has 0 N–H and O–H groups in total. The molecule has 0 aromatic rings. The number of hydrogen-bond acceptors (Lipinski definition) is 6. The molecule has 432 valence electrons. The molecule has 0 aliphatic carbocycles. The van der Waals surface area contributed by atoms with E-state index in [1.54, 1.807) is 0 Å². The molecular weight excluding hydrogens is 925 g/mol. The Labute approximate surface area is 465 Å². The average Bonchev–Trinajstić information content (AvgIpc) is 3.41. The first-order valence-electron chi connectivity index (χ1n) is 32.1. The summed E-state index contributed by atoms with van der Waals surface area (Å²) in [5, 5.41) is 0. The van der Waals surface area contributed by atoms with Crippen molar-refractivity contribution in [1.29, 1.82) is 0 Å². The normalized spacial score (nSPS) is 12.6. The van der Waals surface area contributed by atoms with Gasteiger partial charge in [0.2, 0.25) is 0 Å². The second kappa shape index (κ2) is 63.1. The Morgan fingerprint density at radius 1 is 0.280 bits per heavy atom. The molecule has 0 bridgehead atoms. The molecule has 0 radical (unpaired) electrons. The zero-order valence-corrected chi connectivity index (χ0v) is 49.6. The van der Waals surface area contributed by atoms with E-state index in [1.807, 2.05) is 0 Å². The van der Waals surface area contributed by atoms with Gasteiger partial charge >= 0.3 is 17.9 Å².